The van der Waals surface area contributed by atoms with Crippen LogP contribution in [0.5, 0.6) is 0 Å². The molecule has 7 heteroatoms. The number of nitrogens with zero attached hydrogens (tertiary/aromatic N) is 2. The fraction of sp³-hybridized carbons (Fsp3) is 0.138. The lowest BCUT2D eigenvalue weighted by Crippen LogP contribution is -2.40. The SMILES string of the molecule is Cc1ccc(S(=O)(=O)N(C(=O)C(c2ccccc2)c2ccc(N(C)C)cc2F)c2ccccc2)cc1. The zero-order valence-corrected chi connectivity index (χ0v) is 21.1. The molecule has 0 aliphatic carbocycles. The Morgan fingerprint density at radius 1 is 0.778 bits per heavy atom. The van der Waals surface area contributed by atoms with Gasteiger partial charge in [-0.05, 0) is 48.9 Å². The van der Waals surface area contributed by atoms with Crippen molar-refractivity contribution in [1.82, 2.24) is 0 Å². The maximum atomic E-state index is 15.5. The Morgan fingerprint density at radius 2 is 1.36 bits per heavy atom. The molecule has 0 fully saturated rings. The second-order valence-corrected chi connectivity index (χ2v) is 10.5. The number of hydrogen-bond acceptors (Lipinski definition) is 4. The highest BCUT2D eigenvalue weighted by molar-refractivity contribution is 7.93. The topological polar surface area (TPSA) is 57.7 Å². The molecule has 4 aromatic rings. The third kappa shape index (κ3) is 5.02. The minimum atomic E-state index is -4.31. The van der Waals surface area contributed by atoms with Gasteiger partial charge in [0.05, 0.1) is 16.5 Å². The van der Waals surface area contributed by atoms with Crippen molar-refractivity contribution in [2.24, 2.45) is 0 Å². The molecule has 0 aromatic heterocycles. The Hall–Kier alpha value is -3.97. The Morgan fingerprint density at radius 3 is 1.92 bits per heavy atom. The number of carbonyl (C=O) groups excluding carboxylic acids is 1. The van der Waals surface area contributed by atoms with Gasteiger partial charge in [-0.25, -0.2) is 17.1 Å². The maximum absolute atomic E-state index is 15.5. The average Bonchev–Trinajstić information content (AvgIpc) is 2.86. The van der Waals surface area contributed by atoms with Crippen molar-refractivity contribution in [3.8, 4) is 0 Å². The summed E-state index contributed by atoms with van der Waals surface area (Å²) in [6.07, 6.45) is 0. The van der Waals surface area contributed by atoms with E-state index in [4.69, 9.17) is 0 Å². The van der Waals surface area contributed by atoms with Crippen LogP contribution in [0.3, 0.4) is 0 Å². The van der Waals surface area contributed by atoms with Crippen molar-refractivity contribution in [3.63, 3.8) is 0 Å². The third-order valence-corrected chi connectivity index (χ3v) is 7.68. The summed E-state index contributed by atoms with van der Waals surface area (Å²) in [6, 6.07) is 27.7. The molecule has 184 valence electrons. The van der Waals surface area contributed by atoms with E-state index in [2.05, 4.69) is 0 Å². The molecular weight excluding hydrogens is 475 g/mol. The molecule has 0 saturated heterocycles. The summed E-state index contributed by atoms with van der Waals surface area (Å²) in [5.41, 5.74) is 2.27. The number of carbonyl (C=O) groups is 1. The highest BCUT2D eigenvalue weighted by atomic mass is 32.2. The molecule has 4 aromatic carbocycles. The molecule has 5 nitrogen and oxygen atoms in total. The van der Waals surface area contributed by atoms with Gasteiger partial charge in [0.15, 0.2) is 0 Å². The number of halogens is 1. The van der Waals surface area contributed by atoms with Gasteiger partial charge in [-0.15, -0.1) is 0 Å². The van der Waals surface area contributed by atoms with E-state index < -0.39 is 27.7 Å². The molecule has 0 radical (unpaired) electrons. The number of rotatable bonds is 7. The Kier molecular flexibility index (Phi) is 7.22. The summed E-state index contributed by atoms with van der Waals surface area (Å²) >= 11 is 0. The number of para-hydroxylation sites is 1. The van der Waals surface area contributed by atoms with E-state index in [1.165, 1.54) is 18.2 Å². The number of benzene rings is 4. The van der Waals surface area contributed by atoms with Crippen LogP contribution in [0.15, 0.2) is 108 Å². The van der Waals surface area contributed by atoms with Crippen LogP contribution < -0.4 is 9.21 Å². The normalized spacial score (nSPS) is 12.1. The quantitative estimate of drug-likeness (QED) is 0.323. The number of hydrogen-bond donors (Lipinski definition) is 0. The summed E-state index contributed by atoms with van der Waals surface area (Å²) in [5.74, 6) is -2.56. The molecule has 1 atom stereocenters. The Bertz CT molecular complexity index is 1460. The highest BCUT2D eigenvalue weighted by Gasteiger charge is 2.38. The van der Waals surface area contributed by atoms with Crippen LogP contribution in [-0.2, 0) is 14.8 Å². The largest absolute Gasteiger partial charge is 0.378 e. The average molecular weight is 503 g/mol. The molecule has 0 aliphatic heterocycles. The van der Waals surface area contributed by atoms with Crippen molar-refractivity contribution in [3.05, 3.63) is 126 Å². The smallest absolute Gasteiger partial charge is 0.270 e. The van der Waals surface area contributed by atoms with E-state index in [9.17, 15) is 13.2 Å². The van der Waals surface area contributed by atoms with Gasteiger partial charge in [0, 0.05) is 25.3 Å². The minimum absolute atomic E-state index is 0.0273. The minimum Gasteiger partial charge on any atom is -0.378 e. The molecule has 4 rings (SSSR count). The lowest BCUT2D eigenvalue weighted by molar-refractivity contribution is -0.118. The zero-order valence-electron chi connectivity index (χ0n) is 20.3. The van der Waals surface area contributed by atoms with Gasteiger partial charge >= 0.3 is 0 Å². The van der Waals surface area contributed by atoms with Gasteiger partial charge in [-0.1, -0.05) is 72.3 Å². The summed E-state index contributed by atoms with van der Waals surface area (Å²) in [7, 11) is -0.730. The first-order chi connectivity index (χ1) is 17.2. The molecule has 1 amide bonds. The Labute approximate surface area is 211 Å². The van der Waals surface area contributed by atoms with Gasteiger partial charge in [-0.3, -0.25) is 4.79 Å². The van der Waals surface area contributed by atoms with Gasteiger partial charge in [-0.2, -0.15) is 0 Å². The predicted molar refractivity (Wildman–Crippen MR) is 141 cm³/mol. The molecule has 0 aliphatic rings. The predicted octanol–water partition coefficient (Wildman–Crippen LogP) is 5.75. The van der Waals surface area contributed by atoms with Crippen LogP contribution in [0.4, 0.5) is 15.8 Å². The van der Waals surface area contributed by atoms with Crippen LogP contribution in [0, 0.1) is 12.7 Å². The van der Waals surface area contributed by atoms with E-state index >= 15 is 4.39 Å². The molecule has 0 bridgehead atoms. The molecule has 1 unspecified atom stereocenters. The van der Waals surface area contributed by atoms with Crippen LogP contribution in [0.2, 0.25) is 0 Å². The number of anilines is 2. The lowest BCUT2D eigenvalue weighted by Gasteiger charge is -2.28. The lowest BCUT2D eigenvalue weighted by atomic mass is 9.89. The van der Waals surface area contributed by atoms with Crippen LogP contribution >= 0.6 is 0 Å². The van der Waals surface area contributed by atoms with Crippen molar-refractivity contribution in [2.75, 3.05) is 23.3 Å². The number of aryl methyl sites for hydroxylation is 1. The van der Waals surface area contributed by atoms with Crippen molar-refractivity contribution >= 4 is 27.3 Å². The molecule has 0 spiro atoms. The molecule has 0 heterocycles. The van der Waals surface area contributed by atoms with Gasteiger partial charge in [0.2, 0.25) is 0 Å². The van der Waals surface area contributed by atoms with Crippen LogP contribution in [0.25, 0.3) is 0 Å². The zero-order chi connectivity index (χ0) is 25.9. The van der Waals surface area contributed by atoms with E-state index in [1.807, 2.05) is 6.92 Å². The summed E-state index contributed by atoms with van der Waals surface area (Å²) in [4.78, 5) is 16.0. The first kappa shape index (κ1) is 25.1. The van der Waals surface area contributed by atoms with E-state index in [-0.39, 0.29) is 16.1 Å². The molecule has 0 N–H and O–H groups in total. The third-order valence-electron chi connectivity index (χ3n) is 5.94. The van der Waals surface area contributed by atoms with Gasteiger partial charge in [0.25, 0.3) is 15.9 Å². The standard InChI is InChI=1S/C29H27FN2O3S/c1-21-14-17-25(18-15-21)36(34,35)32(23-12-8-5-9-13-23)29(33)28(22-10-6-4-7-11-22)26-19-16-24(31(2)3)20-27(26)30/h4-20,28H,1-3H3. The highest BCUT2D eigenvalue weighted by Crippen LogP contribution is 2.35. The van der Waals surface area contributed by atoms with Crippen molar-refractivity contribution < 1.29 is 17.6 Å². The monoisotopic (exact) mass is 502 g/mol. The van der Waals surface area contributed by atoms with E-state index in [0.717, 1.165) is 9.87 Å². The van der Waals surface area contributed by atoms with E-state index in [1.54, 1.807) is 104 Å². The number of amides is 1. The molecule has 36 heavy (non-hydrogen) atoms. The first-order valence-electron chi connectivity index (χ1n) is 11.4. The van der Waals surface area contributed by atoms with Crippen molar-refractivity contribution in [1.29, 1.82) is 0 Å². The first-order valence-corrected chi connectivity index (χ1v) is 12.9. The molecule has 0 saturated carbocycles. The van der Waals surface area contributed by atoms with Crippen LogP contribution in [-0.4, -0.2) is 28.4 Å². The van der Waals surface area contributed by atoms with Gasteiger partial charge < -0.3 is 4.90 Å². The maximum Gasteiger partial charge on any atom is 0.270 e. The second-order valence-electron chi connectivity index (χ2n) is 8.70. The molecular formula is C29H27FN2O3S. The number of sulfonamides is 1. The van der Waals surface area contributed by atoms with E-state index in [0.29, 0.717) is 11.3 Å². The van der Waals surface area contributed by atoms with Crippen LogP contribution in [0.1, 0.15) is 22.6 Å². The fourth-order valence-corrected chi connectivity index (χ4v) is 5.44. The summed E-state index contributed by atoms with van der Waals surface area (Å²) in [6.45, 7) is 1.85. The van der Waals surface area contributed by atoms with Crippen molar-refractivity contribution in [2.45, 2.75) is 17.7 Å². The summed E-state index contributed by atoms with van der Waals surface area (Å²) < 4.78 is 44.0. The fourth-order valence-electron chi connectivity index (χ4n) is 4.01. The van der Waals surface area contributed by atoms with Gasteiger partial charge in [0.1, 0.15) is 5.82 Å². The summed E-state index contributed by atoms with van der Waals surface area (Å²) in [5, 5.41) is 0. The second kappa shape index (κ2) is 10.3. The Balaban J connectivity index is 1.92.